The third-order valence-electron chi connectivity index (χ3n) is 5.35. The van der Waals surface area contributed by atoms with Gasteiger partial charge in [-0.05, 0) is 43.2 Å². The number of carbonyl (C=O) groups excluding carboxylic acids is 2. The topological polar surface area (TPSA) is 78.5 Å². The quantitative estimate of drug-likeness (QED) is 0.898. The number of H-pyrrole nitrogens is 1. The first-order chi connectivity index (χ1) is 13.2. The molecule has 2 amide bonds. The van der Waals surface area contributed by atoms with E-state index < -0.39 is 0 Å². The summed E-state index contributed by atoms with van der Waals surface area (Å²) in [7, 11) is 0. The number of benzene rings is 1. The van der Waals surface area contributed by atoms with Crippen LogP contribution >= 0.6 is 0 Å². The molecule has 1 atom stereocenters. The zero-order valence-corrected chi connectivity index (χ0v) is 15.3. The number of ether oxygens (including phenoxy) is 1. The van der Waals surface area contributed by atoms with E-state index in [1.54, 1.807) is 35.4 Å². The number of aromatic nitrogens is 2. The minimum Gasteiger partial charge on any atom is -0.378 e. The van der Waals surface area contributed by atoms with Gasteiger partial charge in [-0.25, -0.2) is 0 Å². The molecule has 2 aromatic rings. The first kappa shape index (κ1) is 17.7. The number of amides is 2. The predicted molar refractivity (Wildman–Crippen MR) is 99.6 cm³/mol. The summed E-state index contributed by atoms with van der Waals surface area (Å²) in [6, 6.07) is 9.00. The van der Waals surface area contributed by atoms with Gasteiger partial charge in [0.05, 0.1) is 13.2 Å². The minimum absolute atomic E-state index is 0.00502. The van der Waals surface area contributed by atoms with Crippen LogP contribution in [0.1, 0.15) is 45.2 Å². The van der Waals surface area contributed by atoms with Gasteiger partial charge in [0.1, 0.15) is 0 Å². The zero-order valence-electron chi connectivity index (χ0n) is 15.3. The van der Waals surface area contributed by atoms with Crippen LogP contribution in [0, 0.1) is 0 Å². The van der Waals surface area contributed by atoms with Crippen LogP contribution in [0.3, 0.4) is 0 Å². The Morgan fingerprint density at radius 2 is 1.63 bits per heavy atom. The maximum Gasteiger partial charge on any atom is 0.254 e. The second-order valence-corrected chi connectivity index (χ2v) is 7.08. The number of hydrogen-bond donors (Lipinski definition) is 1. The van der Waals surface area contributed by atoms with Gasteiger partial charge in [-0.3, -0.25) is 14.7 Å². The highest BCUT2D eigenvalue weighted by Crippen LogP contribution is 2.26. The molecular weight excluding hydrogens is 344 g/mol. The highest BCUT2D eigenvalue weighted by Gasteiger charge is 2.26. The molecular formula is C20H24N4O3. The highest BCUT2D eigenvalue weighted by atomic mass is 16.5. The molecule has 7 heteroatoms. The molecule has 2 fully saturated rings. The number of carbonyl (C=O) groups is 2. The second-order valence-electron chi connectivity index (χ2n) is 7.08. The molecule has 1 aromatic heterocycles. The van der Waals surface area contributed by atoms with Gasteiger partial charge in [0.2, 0.25) is 0 Å². The maximum absolute atomic E-state index is 12.9. The van der Waals surface area contributed by atoms with E-state index in [0.29, 0.717) is 49.9 Å². The van der Waals surface area contributed by atoms with Crippen molar-refractivity contribution < 1.29 is 14.3 Å². The van der Waals surface area contributed by atoms with Gasteiger partial charge in [0, 0.05) is 55.1 Å². The molecule has 142 valence electrons. The van der Waals surface area contributed by atoms with Crippen LogP contribution in [-0.4, -0.2) is 71.2 Å². The molecule has 1 aromatic carbocycles. The van der Waals surface area contributed by atoms with Crippen molar-refractivity contribution in [2.24, 2.45) is 0 Å². The van der Waals surface area contributed by atoms with Crippen molar-refractivity contribution in [1.82, 2.24) is 20.0 Å². The number of likely N-dealkylation sites (tertiary alicyclic amines) is 1. The van der Waals surface area contributed by atoms with Crippen LogP contribution in [-0.2, 0) is 4.74 Å². The maximum atomic E-state index is 12.9. The van der Waals surface area contributed by atoms with E-state index in [1.165, 1.54) is 0 Å². The van der Waals surface area contributed by atoms with Gasteiger partial charge in [-0.15, -0.1) is 0 Å². The average molecular weight is 368 g/mol. The van der Waals surface area contributed by atoms with Crippen molar-refractivity contribution in [2.45, 2.75) is 18.8 Å². The number of hydrogen-bond acceptors (Lipinski definition) is 4. The average Bonchev–Trinajstić information content (AvgIpc) is 3.29. The van der Waals surface area contributed by atoms with Crippen LogP contribution in [0.15, 0.2) is 36.5 Å². The Balaban J connectivity index is 1.42. The highest BCUT2D eigenvalue weighted by molar-refractivity contribution is 5.98. The van der Waals surface area contributed by atoms with Gasteiger partial charge in [-0.2, -0.15) is 5.10 Å². The molecule has 7 nitrogen and oxygen atoms in total. The Kier molecular flexibility index (Phi) is 5.20. The fraction of sp³-hybridized carbons (Fsp3) is 0.450. The van der Waals surface area contributed by atoms with E-state index >= 15 is 0 Å². The molecule has 2 aliphatic heterocycles. The molecule has 4 rings (SSSR count). The van der Waals surface area contributed by atoms with Crippen LogP contribution in [0.5, 0.6) is 0 Å². The summed E-state index contributed by atoms with van der Waals surface area (Å²) in [5.41, 5.74) is 2.32. The minimum atomic E-state index is -0.00502. The van der Waals surface area contributed by atoms with Crippen molar-refractivity contribution in [3.05, 3.63) is 53.3 Å². The molecule has 2 saturated heterocycles. The normalized spacial score (nSPS) is 20.5. The SMILES string of the molecule is O=C(c1ccc(C(=O)N2CCCC(c3ccn[nH]3)C2)cc1)N1CCOCC1. The molecule has 1 unspecified atom stereocenters. The summed E-state index contributed by atoms with van der Waals surface area (Å²) >= 11 is 0. The van der Waals surface area contributed by atoms with Gasteiger partial charge >= 0.3 is 0 Å². The van der Waals surface area contributed by atoms with Crippen molar-refractivity contribution in [3.63, 3.8) is 0 Å². The van der Waals surface area contributed by atoms with E-state index in [-0.39, 0.29) is 11.8 Å². The standard InChI is InChI=1S/C20H24N4O3/c25-19(23-10-12-27-13-11-23)15-3-5-16(6-4-15)20(26)24-9-1-2-17(14-24)18-7-8-21-22-18/h3-8,17H,1-2,9-14H2,(H,21,22). The Hall–Kier alpha value is -2.67. The molecule has 0 aliphatic carbocycles. The summed E-state index contributed by atoms with van der Waals surface area (Å²) in [5.74, 6) is 0.312. The molecule has 0 bridgehead atoms. The Bertz CT molecular complexity index is 782. The fourth-order valence-corrected chi connectivity index (χ4v) is 3.80. The first-order valence-electron chi connectivity index (χ1n) is 9.48. The lowest BCUT2D eigenvalue weighted by Gasteiger charge is -2.32. The van der Waals surface area contributed by atoms with Gasteiger partial charge < -0.3 is 14.5 Å². The van der Waals surface area contributed by atoms with Gasteiger partial charge in [-0.1, -0.05) is 0 Å². The molecule has 0 saturated carbocycles. The van der Waals surface area contributed by atoms with Gasteiger partial charge in [0.15, 0.2) is 0 Å². The van der Waals surface area contributed by atoms with Crippen LogP contribution in [0.25, 0.3) is 0 Å². The van der Waals surface area contributed by atoms with Crippen LogP contribution < -0.4 is 0 Å². The third kappa shape index (κ3) is 3.88. The molecule has 2 aliphatic rings. The number of rotatable bonds is 3. The summed E-state index contributed by atoms with van der Waals surface area (Å²) in [4.78, 5) is 29.1. The lowest BCUT2D eigenvalue weighted by molar-refractivity contribution is 0.0303. The summed E-state index contributed by atoms with van der Waals surface area (Å²) in [6.45, 7) is 3.83. The van der Waals surface area contributed by atoms with Crippen molar-refractivity contribution in [1.29, 1.82) is 0 Å². The molecule has 3 heterocycles. The smallest absolute Gasteiger partial charge is 0.254 e. The Morgan fingerprint density at radius 3 is 2.26 bits per heavy atom. The number of nitrogens with one attached hydrogen (secondary N) is 1. The monoisotopic (exact) mass is 368 g/mol. The predicted octanol–water partition coefficient (Wildman–Crippen LogP) is 1.90. The summed E-state index contributed by atoms with van der Waals surface area (Å²) in [6.07, 6.45) is 3.78. The summed E-state index contributed by atoms with van der Waals surface area (Å²) < 4.78 is 5.29. The van der Waals surface area contributed by atoms with Crippen molar-refractivity contribution >= 4 is 11.8 Å². The Morgan fingerprint density at radius 1 is 0.963 bits per heavy atom. The van der Waals surface area contributed by atoms with E-state index in [1.807, 2.05) is 11.0 Å². The zero-order chi connectivity index (χ0) is 18.6. The number of nitrogens with zero attached hydrogens (tertiary/aromatic N) is 3. The fourth-order valence-electron chi connectivity index (χ4n) is 3.80. The van der Waals surface area contributed by atoms with E-state index in [9.17, 15) is 9.59 Å². The molecule has 1 N–H and O–H groups in total. The number of piperidine rings is 1. The summed E-state index contributed by atoms with van der Waals surface area (Å²) in [5, 5.41) is 7.04. The molecule has 0 radical (unpaired) electrons. The first-order valence-corrected chi connectivity index (χ1v) is 9.48. The van der Waals surface area contributed by atoms with Crippen LogP contribution in [0.4, 0.5) is 0 Å². The lowest BCUT2D eigenvalue weighted by Crippen LogP contribution is -2.40. The Labute approximate surface area is 158 Å². The largest absolute Gasteiger partial charge is 0.378 e. The van der Waals surface area contributed by atoms with Gasteiger partial charge in [0.25, 0.3) is 11.8 Å². The number of morpholine rings is 1. The van der Waals surface area contributed by atoms with Crippen molar-refractivity contribution in [3.8, 4) is 0 Å². The van der Waals surface area contributed by atoms with Crippen molar-refractivity contribution in [2.75, 3.05) is 39.4 Å². The van der Waals surface area contributed by atoms with E-state index in [4.69, 9.17) is 4.74 Å². The molecule has 27 heavy (non-hydrogen) atoms. The third-order valence-corrected chi connectivity index (χ3v) is 5.35. The lowest BCUT2D eigenvalue weighted by atomic mass is 9.94. The number of aromatic amines is 1. The second kappa shape index (κ2) is 7.92. The van der Waals surface area contributed by atoms with E-state index in [2.05, 4.69) is 10.2 Å². The molecule has 0 spiro atoms. The van der Waals surface area contributed by atoms with E-state index in [0.717, 1.165) is 25.1 Å². The van der Waals surface area contributed by atoms with Crippen LogP contribution in [0.2, 0.25) is 0 Å².